The van der Waals surface area contributed by atoms with E-state index in [4.69, 9.17) is 9.47 Å². The number of rotatable bonds is 61. The molecule has 9 atom stereocenters. The monoisotopic (exact) mass is 1170 g/mol. The van der Waals surface area contributed by atoms with E-state index >= 15 is 0 Å². The van der Waals surface area contributed by atoms with E-state index in [0.29, 0.717) is 19.3 Å². The molecule has 0 aromatic rings. The molecule has 11 nitrogen and oxygen atoms in total. The highest BCUT2D eigenvalue weighted by atomic mass is 16.7. The fraction of sp³-hybridized carbons (Fsp3) is 0.847. The number of amides is 1. The van der Waals surface area contributed by atoms with Crippen molar-refractivity contribution in [3.8, 4) is 0 Å². The fourth-order valence-corrected chi connectivity index (χ4v) is 11.1. The Balaban J connectivity index is 2.25. The first-order valence-corrected chi connectivity index (χ1v) is 35.2. The topological polar surface area (TPSA) is 189 Å². The van der Waals surface area contributed by atoms with E-state index < -0.39 is 74.2 Å². The first-order chi connectivity index (χ1) is 40.7. The van der Waals surface area contributed by atoms with Gasteiger partial charge in [0.25, 0.3) is 0 Å². The van der Waals surface area contributed by atoms with Crippen molar-refractivity contribution in [3.05, 3.63) is 60.8 Å². The van der Waals surface area contributed by atoms with Crippen molar-refractivity contribution >= 4 is 5.91 Å². The van der Waals surface area contributed by atoms with Gasteiger partial charge in [-0.1, -0.05) is 286 Å². The lowest BCUT2D eigenvalue weighted by atomic mass is 9.98. The molecule has 1 fully saturated rings. The lowest BCUT2D eigenvalue weighted by Gasteiger charge is -2.40. The van der Waals surface area contributed by atoms with Gasteiger partial charge in [-0.2, -0.15) is 0 Å². The van der Waals surface area contributed by atoms with Crippen LogP contribution in [0.5, 0.6) is 0 Å². The van der Waals surface area contributed by atoms with Gasteiger partial charge in [0.1, 0.15) is 36.6 Å². The Labute approximate surface area is 510 Å². The number of aliphatic hydroxyl groups excluding tert-OH is 7. The molecular weight excluding hydrogens is 1040 g/mol. The molecule has 486 valence electrons. The Morgan fingerprint density at radius 1 is 0.422 bits per heavy atom. The van der Waals surface area contributed by atoms with Crippen LogP contribution in [0.2, 0.25) is 0 Å². The van der Waals surface area contributed by atoms with Crippen LogP contribution in [0.15, 0.2) is 60.8 Å². The first kappa shape index (κ1) is 78.8. The van der Waals surface area contributed by atoms with Gasteiger partial charge in [-0.25, -0.2) is 0 Å². The Morgan fingerprint density at radius 2 is 0.759 bits per heavy atom. The zero-order valence-corrected chi connectivity index (χ0v) is 53.7. The number of aliphatic hydroxyl groups is 7. The minimum absolute atomic E-state index is 0.238. The second-order valence-corrected chi connectivity index (χ2v) is 24.6. The number of ether oxygens (including phenoxy) is 2. The lowest BCUT2D eigenvalue weighted by Crippen LogP contribution is -2.60. The summed E-state index contributed by atoms with van der Waals surface area (Å²) in [5, 5.41) is 76.4. The third-order valence-electron chi connectivity index (χ3n) is 16.7. The maximum absolute atomic E-state index is 13.2. The normalized spacial score (nSPS) is 19.4. The van der Waals surface area contributed by atoms with Crippen molar-refractivity contribution < 1.29 is 50.0 Å². The van der Waals surface area contributed by atoms with Crippen molar-refractivity contribution in [2.75, 3.05) is 13.2 Å². The molecule has 0 aliphatic carbocycles. The number of unbranched alkanes of at least 4 members (excludes halogenated alkanes) is 39. The van der Waals surface area contributed by atoms with Crippen molar-refractivity contribution in [2.24, 2.45) is 0 Å². The molecule has 1 rings (SSSR count). The Hall–Kier alpha value is -2.19. The van der Waals surface area contributed by atoms with Gasteiger partial charge >= 0.3 is 0 Å². The summed E-state index contributed by atoms with van der Waals surface area (Å²) in [6.07, 6.45) is 68.8. The predicted octanol–water partition coefficient (Wildman–Crippen LogP) is 16.9. The lowest BCUT2D eigenvalue weighted by molar-refractivity contribution is -0.303. The van der Waals surface area contributed by atoms with Gasteiger partial charge in [0, 0.05) is 0 Å². The number of allylic oxidation sites excluding steroid dienone is 10. The molecule has 0 saturated carbocycles. The van der Waals surface area contributed by atoms with Gasteiger partial charge < -0.3 is 50.5 Å². The van der Waals surface area contributed by atoms with Crippen molar-refractivity contribution in [1.29, 1.82) is 0 Å². The van der Waals surface area contributed by atoms with E-state index in [1.807, 2.05) is 0 Å². The minimum Gasteiger partial charge on any atom is -0.394 e. The van der Waals surface area contributed by atoms with Crippen LogP contribution in [0.3, 0.4) is 0 Å². The van der Waals surface area contributed by atoms with E-state index in [1.54, 1.807) is 0 Å². The minimum atomic E-state index is -1.68. The van der Waals surface area contributed by atoms with E-state index in [2.05, 4.69) is 79.9 Å². The van der Waals surface area contributed by atoms with Crippen molar-refractivity contribution in [3.63, 3.8) is 0 Å². The van der Waals surface area contributed by atoms with Gasteiger partial charge in [-0.05, 0) is 96.3 Å². The molecule has 0 radical (unpaired) electrons. The van der Waals surface area contributed by atoms with Crippen LogP contribution < -0.4 is 5.32 Å². The molecule has 83 heavy (non-hydrogen) atoms. The van der Waals surface area contributed by atoms with E-state index in [9.17, 15) is 40.5 Å². The van der Waals surface area contributed by atoms with E-state index in [0.717, 1.165) is 64.2 Å². The number of hydrogen-bond donors (Lipinski definition) is 8. The fourth-order valence-electron chi connectivity index (χ4n) is 11.1. The van der Waals surface area contributed by atoms with E-state index in [1.165, 1.54) is 212 Å². The molecule has 9 unspecified atom stereocenters. The number of hydrogen-bond acceptors (Lipinski definition) is 10. The van der Waals surface area contributed by atoms with Crippen LogP contribution in [0.25, 0.3) is 0 Å². The average molecular weight is 1170 g/mol. The first-order valence-electron chi connectivity index (χ1n) is 35.2. The molecule has 8 N–H and O–H groups in total. The largest absolute Gasteiger partial charge is 0.394 e. The molecule has 1 heterocycles. The maximum atomic E-state index is 13.2. The Kier molecular flexibility index (Phi) is 57.1. The highest BCUT2D eigenvalue weighted by Crippen LogP contribution is 2.24. The zero-order chi connectivity index (χ0) is 60.3. The number of carbonyl (C=O) groups excluding carboxylic acids is 1. The van der Waals surface area contributed by atoms with Gasteiger partial charge in [-0.15, -0.1) is 0 Å². The summed E-state index contributed by atoms with van der Waals surface area (Å²) < 4.78 is 11.2. The van der Waals surface area contributed by atoms with E-state index in [-0.39, 0.29) is 12.8 Å². The molecule has 1 saturated heterocycles. The number of carbonyl (C=O) groups is 1. The summed E-state index contributed by atoms with van der Waals surface area (Å²) in [4.78, 5) is 13.2. The zero-order valence-electron chi connectivity index (χ0n) is 53.7. The molecule has 1 aliphatic rings. The third kappa shape index (κ3) is 47.5. The molecule has 0 aromatic heterocycles. The molecule has 0 aromatic carbocycles. The quantitative estimate of drug-likeness (QED) is 0.0215. The van der Waals surface area contributed by atoms with Crippen molar-refractivity contribution in [2.45, 2.75) is 377 Å². The van der Waals surface area contributed by atoms with Crippen molar-refractivity contribution in [1.82, 2.24) is 5.32 Å². The van der Waals surface area contributed by atoms with Crippen LogP contribution >= 0.6 is 0 Å². The predicted molar refractivity (Wildman–Crippen MR) is 348 cm³/mol. The molecular formula is C72H133NO10. The summed E-state index contributed by atoms with van der Waals surface area (Å²) in [6, 6.07) is -1.20. The SMILES string of the molecule is CCCCCCCCCCC/C=C\C/C=C\CCCCCCCCCCC(O)C(=O)NC(COC1OC(CO)C(O)C(O)C1O)C(O)C(O)CCC/C=C/CC/C=C/CC/C=C/CCCCCCCCCCCCCCCCCCCCC. The second-order valence-electron chi connectivity index (χ2n) is 24.6. The second kappa shape index (κ2) is 60.1. The summed E-state index contributed by atoms with van der Waals surface area (Å²) in [7, 11) is 0. The van der Waals surface area contributed by atoms with Crippen LogP contribution in [-0.2, 0) is 14.3 Å². The molecule has 11 heteroatoms. The standard InChI is InChI=1S/C72H133NO10/c1-3-5-7-9-11-13-15-17-19-21-23-25-27-29-30-31-32-33-34-35-36-38-39-41-43-45-47-49-51-53-55-57-59-64(75)67(77)63(62-82-72-70(80)69(79)68(78)66(61-74)83-72)73-71(81)65(76)60-58-56-54-52-50-48-46-44-42-40-37-28-26-24-22-20-18-16-14-12-10-8-6-4-2/h24,26,36-38,40,43,45,51,53,63-70,72,74-80H,3-23,25,27-35,39,41-42,44,46-50,52,54-62H2,1-2H3,(H,73,81)/b26-24-,38-36+,40-37-,45-43+,53-51+. The van der Waals surface area contributed by atoms with Crippen LogP contribution in [0, 0.1) is 0 Å². The Bertz CT molecular complexity index is 1530. The van der Waals surface area contributed by atoms with Gasteiger partial charge in [0.05, 0.1) is 25.4 Å². The highest BCUT2D eigenvalue weighted by molar-refractivity contribution is 5.80. The molecule has 0 spiro atoms. The van der Waals surface area contributed by atoms with Crippen LogP contribution in [-0.4, -0.2) is 110 Å². The highest BCUT2D eigenvalue weighted by Gasteiger charge is 2.44. The molecule has 1 amide bonds. The summed E-state index contributed by atoms with van der Waals surface area (Å²) in [5.41, 5.74) is 0. The maximum Gasteiger partial charge on any atom is 0.249 e. The van der Waals surface area contributed by atoms with Gasteiger partial charge in [-0.3, -0.25) is 4.79 Å². The van der Waals surface area contributed by atoms with Crippen LogP contribution in [0.1, 0.15) is 322 Å². The number of nitrogens with one attached hydrogen (secondary N) is 1. The Morgan fingerprint density at radius 3 is 1.14 bits per heavy atom. The molecule has 1 aliphatic heterocycles. The molecule has 0 bridgehead atoms. The average Bonchev–Trinajstić information content (AvgIpc) is 3.68. The van der Waals surface area contributed by atoms with Gasteiger partial charge in [0.15, 0.2) is 6.29 Å². The third-order valence-corrected chi connectivity index (χ3v) is 16.7. The summed E-state index contributed by atoms with van der Waals surface area (Å²) in [6.45, 7) is 3.47. The van der Waals surface area contributed by atoms with Crippen LogP contribution in [0.4, 0.5) is 0 Å². The summed E-state index contributed by atoms with van der Waals surface area (Å²) in [5.74, 6) is -0.715. The summed E-state index contributed by atoms with van der Waals surface area (Å²) >= 11 is 0. The smallest absolute Gasteiger partial charge is 0.249 e. The van der Waals surface area contributed by atoms with Gasteiger partial charge in [0.2, 0.25) is 5.91 Å².